The first-order chi connectivity index (χ1) is 5.12. The van der Waals surface area contributed by atoms with Gasteiger partial charge in [-0.3, -0.25) is 0 Å². The van der Waals surface area contributed by atoms with Crippen LogP contribution < -0.4 is 11.8 Å². The molecule has 0 aromatic heterocycles. The summed E-state index contributed by atoms with van der Waals surface area (Å²) in [4.78, 5) is 30.4. The van der Waals surface area contributed by atoms with E-state index < -0.39 is 15.6 Å². The monoisotopic (exact) mass is 226 g/mol. The molecule has 0 aliphatic carbocycles. The third-order valence-corrected chi connectivity index (χ3v) is 0.824. The van der Waals surface area contributed by atoms with E-state index in [1.54, 1.807) is 0 Å². The van der Waals surface area contributed by atoms with Gasteiger partial charge in [0.15, 0.2) is 0 Å². The molecule has 10 nitrogen and oxygen atoms in total. The van der Waals surface area contributed by atoms with E-state index in [9.17, 15) is 9.13 Å². The van der Waals surface area contributed by atoms with Gasteiger partial charge in [-0.05, 0) is 0 Å². The molecule has 0 amide bonds. The van der Waals surface area contributed by atoms with E-state index in [2.05, 4.69) is 21.0 Å². The van der Waals surface area contributed by atoms with Crippen LogP contribution in [0.25, 0.3) is 0 Å². The van der Waals surface area contributed by atoms with Crippen LogP contribution in [0.1, 0.15) is 0 Å². The molecule has 0 bridgehead atoms. The van der Waals surface area contributed by atoms with Crippen LogP contribution in [-0.2, 0) is 18.4 Å². The third-order valence-electron chi connectivity index (χ3n) is 0.275. The molecule has 0 unspecified atom stereocenters. The van der Waals surface area contributed by atoms with E-state index in [1.165, 1.54) is 0 Å². The molecule has 8 N–H and O–H groups in total. The molecule has 12 heteroatoms. The molecule has 0 fully saturated rings. The topological polar surface area (TPSA) is 186 Å². The number of hydrogen-bond donors (Lipinski definition) is 6. The summed E-state index contributed by atoms with van der Waals surface area (Å²) in [6, 6.07) is 0. The first-order valence-corrected chi connectivity index (χ1v) is 5.06. The van der Waals surface area contributed by atoms with Crippen LogP contribution in [0.2, 0.25) is 0 Å². The zero-order valence-corrected chi connectivity index (χ0v) is 7.26. The molecule has 0 aromatic carbocycles. The van der Waals surface area contributed by atoms with E-state index >= 15 is 0 Å². The predicted octanol–water partition coefficient (Wildman–Crippen LogP) is -2.06. The van der Waals surface area contributed by atoms with Crippen molar-refractivity contribution in [3.8, 4) is 0 Å². The summed E-state index contributed by atoms with van der Waals surface area (Å²) in [5.41, 5.74) is 0. The second-order valence-corrected chi connectivity index (χ2v) is 3.58. The van der Waals surface area contributed by atoms with E-state index in [1.807, 2.05) is 0 Å². The molecule has 0 aromatic rings. The first kappa shape index (κ1) is 14.7. The number of nitrogens with two attached hydrogens (primary N) is 2. The van der Waals surface area contributed by atoms with Gasteiger partial charge in [-0.1, -0.05) is 0 Å². The fraction of sp³-hybridized carbons (Fsp3) is 0. The Morgan fingerprint density at radius 3 is 0.917 bits per heavy atom. The van der Waals surface area contributed by atoms with Crippen LogP contribution in [0.15, 0.2) is 0 Å². The lowest BCUT2D eigenvalue weighted by molar-refractivity contribution is 0.199. The zero-order valence-electron chi connectivity index (χ0n) is 5.47. The highest BCUT2D eigenvalue weighted by Crippen LogP contribution is 2.32. The summed E-state index contributed by atoms with van der Waals surface area (Å²) in [6.45, 7) is 0. The van der Waals surface area contributed by atoms with Gasteiger partial charge in [0.05, 0.1) is 0 Å². The Kier molecular flexibility index (Phi) is 7.00. The maximum Gasteiger partial charge on any atom is 0.485 e. The van der Waals surface area contributed by atoms with Crippen molar-refractivity contribution in [3.05, 3.63) is 0 Å². The number of phosphoric acid groups is 2. The second-order valence-electron chi connectivity index (χ2n) is 1.19. The van der Waals surface area contributed by atoms with Crippen LogP contribution >= 0.6 is 15.6 Å². The third kappa shape index (κ3) is 22.5. The molecule has 0 rings (SSSR count). The highest BCUT2D eigenvalue weighted by Gasteiger charge is 2.09. The maximum absolute atomic E-state index is 9.35. The number of hydrogen-bond acceptors (Lipinski definition) is 6. The van der Waals surface area contributed by atoms with Crippen molar-refractivity contribution in [1.29, 1.82) is 0 Å². The van der Waals surface area contributed by atoms with Crippen LogP contribution in [0, 0.1) is 0 Å². The van der Waals surface area contributed by atoms with Gasteiger partial charge in [-0.2, -0.15) is 0 Å². The van der Waals surface area contributed by atoms with Crippen LogP contribution in [0.5, 0.6) is 0 Å². The average molecular weight is 226 g/mol. The van der Waals surface area contributed by atoms with Crippen molar-refractivity contribution in [2.75, 3.05) is 0 Å². The average Bonchev–Trinajstić information content (AvgIpc) is 1.86. The molecule has 0 aliphatic rings. The molecule has 12 heavy (non-hydrogen) atoms. The van der Waals surface area contributed by atoms with Crippen molar-refractivity contribution in [2.24, 2.45) is 11.8 Å². The van der Waals surface area contributed by atoms with Gasteiger partial charge in [-0.15, -0.1) is 0 Å². The summed E-state index contributed by atoms with van der Waals surface area (Å²) in [7, 11) is -8.74. The van der Waals surface area contributed by atoms with Crippen molar-refractivity contribution < 1.29 is 38.0 Å². The first-order valence-electron chi connectivity index (χ1n) is 2.00. The molecule has 0 saturated carbocycles. The van der Waals surface area contributed by atoms with Gasteiger partial charge in [-0.25, -0.2) is 30.2 Å². The van der Waals surface area contributed by atoms with Gasteiger partial charge in [0.1, 0.15) is 0 Å². The van der Waals surface area contributed by atoms with Crippen LogP contribution in [0.4, 0.5) is 0 Å². The van der Waals surface area contributed by atoms with Crippen molar-refractivity contribution in [3.63, 3.8) is 0 Å². The molecular formula is H8N2O8P2. The van der Waals surface area contributed by atoms with Gasteiger partial charge in [0.2, 0.25) is 0 Å². The van der Waals surface area contributed by atoms with Gasteiger partial charge >= 0.3 is 15.6 Å². The van der Waals surface area contributed by atoms with E-state index in [0.29, 0.717) is 0 Å². The molecular weight excluding hydrogens is 218 g/mol. The molecule has 76 valence electrons. The summed E-state index contributed by atoms with van der Waals surface area (Å²) >= 11 is 0. The fourth-order valence-electron chi connectivity index (χ4n) is 0. The Hall–Kier alpha value is 0.140. The predicted molar refractivity (Wildman–Crippen MR) is 34.6 cm³/mol. The summed E-state index contributed by atoms with van der Waals surface area (Å²) in [5.74, 6) is 8.08. The SMILES string of the molecule is NOP(=O)(O)O.NOP(=O)(O)O. The minimum absolute atomic E-state index is 3.10. The fourth-order valence-corrected chi connectivity index (χ4v) is 0. The summed E-state index contributed by atoms with van der Waals surface area (Å²) in [5, 5.41) is 0. The number of rotatable bonds is 2. The molecule has 0 heterocycles. The standard InChI is InChI=1S/2H4NO4P/c2*1-5-6(2,3)4/h2*1H2,(H2,2,3,4). The lowest BCUT2D eigenvalue weighted by Gasteiger charge is -1.92. The zero-order chi connectivity index (χ0) is 10.4. The Morgan fingerprint density at radius 1 is 0.833 bits per heavy atom. The Morgan fingerprint density at radius 2 is 0.917 bits per heavy atom. The van der Waals surface area contributed by atoms with E-state index in [-0.39, 0.29) is 0 Å². The minimum atomic E-state index is -4.37. The molecule has 0 atom stereocenters. The normalized spacial score (nSPS) is 11.8. The summed E-state index contributed by atoms with van der Waals surface area (Å²) in [6.07, 6.45) is 0. The van der Waals surface area contributed by atoms with Crippen LogP contribution in [0.3, 0.4) is 0 Å². The Balaban J connectivity index is 0. The van der Waals surface area contributed by atoms with Gasteiger partial charge < -0.3 is 19.6 Å². The molecule has 0 saturated heterocycles. The minimum Gasteiger partial charge on any atom is -0.302 e. The summed E-state index contributed by atoms with van der Waals surface area (Å²) < 4.78 is 24.9. The van der Waals surface area contributed by atoms with E-state index in [4.69, 9.17) is 19.6 Å². The van der Waals surface area contributed by atoms with Gasteiger partial charge in [0, 0.05) is 0 Å². The van der Waals surface area contributed by atoms with E-state index in [0.717, 1.165) is 0 Å². The van der Waals surface area contributed by atoms with Crippen LogP contribution in [-0.4, -0.2) is 19.6 Å². The Labute approximate surface area is 66.5 Å². The van der Waals surface area contributed by atoms with Crippen molar-refractivity contribution in [1.82, 2.24) is 0 Å². The van der Waals surface area contributed by atoms with Crippen molar-refractivity contribution in [2.45, 2.75) is 0 Å². The highest BCUT2D eigenvalue weighted by atomic mass is 31.2. The largest absolute Gasteiger partial charge is 0.485 e. The smallest absolute Gasteiger partial charge is 0.302 e. The Bertz CT molecular complexity index is 165. The highest BCUT2D eigenvalue weighted by molar-refractivity contribution is 7.46. The van der Waals surface area contributed by atoms with Gasteiger partial charge in [0.25, 0.3) is 0 Å². The molecule has 0 spiro atoms. The second kappa shape index (κ2) is 5.73. The molecule has 0 aliphatic heterocycles. The molecule has 0 radical (unpaired) electrons. The lowest BCUT2D eigenvalue weighted by Crippen LogP contribution is -1.93. The quantitative estimate of drug-likeness (QED) is 0.225. The van der Waals surface area contributed by atoms with Crippen molar-refractivity contribution >= 4 is 15.6 Å². The maximum atomic E-state index is 9.35. The lowest BCUT2D eigenvalue weighted by atomic mass is 13.6.